The first-order valence-corrected chi connectivity index (χ1v) is 6.43. The molecule has 0 aliphatic carbocycles. The van der Waals surface area contributed by atoms with Crippen LogP contribution < -0.4 is 5.32 Å². The van der Waals surface area contributed by atoms with Crippen LogP contribution in [0.3, 0.4) is 0 Å². The van der Waals surface area contributed by atoms with E-state index < -0.39 is 0 Å². The predicted molar refractivity (Wildman–Crippen MR) is 74.9 cm³/mol. The van der Waals surface area contributed by atoms with Crippen LogP contribution in [0.4, 0.5) is 0 Å². The lowest BCUT2D eigenvalue weighted by Gasteiger charge is -2.01. The molecule has 1 heterocycles. The van der Waals surface area contributed by atoms with Crippen LogP contribution in [0.25, 0.3) is 11.3 Å². The minimum absolute atomic E-state index is 0.635. The van der Waals surface area contributed by atoms with Crippen LogP contribution in [0, 0.1) is 0 Å². The number of halogens is 2. The van der Waals surface area contributed by atoms with Gasteiger partial charge in [-0.25, -0.2) is 0 Å². The fraction of sp³-hybridized carbons (Fsp3) is 0.143. The summed E-state index contributed by atoms with van der Waals surface area (Å²) in [6, 6.07) is 9.20. The fourth-order valence-electron chi connectivity index (χ4n) is 1.66. The molecule has 0 fully saturated rings. The van der Waals surface area contributed by atoms with Crippen molar-refractivity contribution in [3.63, 3.8) is 0 Å². The largest absolute Gasteiger partial charge is 0.455 e. The third kappa shape index (κ3) is 3.16. The molecule has 1 aromatic carbocycles. The first-order chi connectivity index (χ1) is 8.70. The van der Waals surface area contributed by atoms with Crippen molar-refractivity contribution in [3.8, 4) is 11.3 Å². The van der Waals surface area contributed by atoms with Crippen LogP contribution >= 0.6 is 23.2 Å². The number of benzene rings is 1. The highest BCUT2D eigenvalue weighted by molar-refractivity contribution is 6.35. The first-order valence-electron chi connectivity index (χ1n) is 5.67. The van der Waals surface area contributed by atoms with Gasteiger partial charge in [0.15, 0.2) is 5.76 Å². The zero-order chi connectivity index (χ0) is 13.0. The summed E-state index contributed by atoms with van der Waals surface area (Å²) >= 11 is 12.1. The molecule has 0 saturated heterocycles. The van der Waals surface area contributed by atoms with Gasteiger partial charge in [-0.15, -0.1) is 0 Å². The molecule has 1 aromatic heterocycles. The van der Waals surface area contributed by atoms with Crippen molar-refractivity contribution in [1.29, 1.82) is 0 Å². The normalized spacial score (nSPS) is 10.6. The van der Waals surface area contributed by atoms with Gasteiger partial charge in [0.1, 0.15) is 12.3 Å². The van der Waals surface area contributed by atoms with Gasteiger partial charge in [0.2, 0.25) is 0 Å². The molecule has 0 aliphatic rings. The van der Waals surface area contributed by atoms with Gasteiger partial charge >= 0.3 is 0 Å². The third-order valence-corrected chi connectivity index (χ3v) is 3.10. The molecule has 0 unspecified atom stereocenters. The Morgan fingerprint density at radius 2 is 2.06 bits per heavy atom. The molecular weight excluding hydrogens is 269 g/mol. The number of furan rings is 1. The molecule has 0 saturated carbocycles. The van der Waals surface area contributed by atoms with E-state index in [2.05, 4.69) is 11.9 Å². The lowest BCUT2D eigenvalue weighted by Crippen LogP contribution is -2.82. The molecular formula is C14H14Cl2NO+. The van der Waals surface area contributed by atoms with Crippen molar-refractivity contribution in [1.82, 2.24) is 0 Å². The summed E-state index contributed by atoms with van der Waals surface area (Å²) in [4.78, 5) is 0. The Labute approximate surface area is 116 Å². The number of hydrogen-bond donors (Lipinski definition) is 1. The van der Waals surface area contributed by atoms with Crippen LogP contribution in [0.5, 0.6) is 0 Å². The third-order valence-electron chi connectivity index (χ3n) is 2.53. The summed E-state index contributed by atoms with van der Waals surface area (Å²) in [5.41, 5.74) is 0.819. The second-order valence-electron chi connectivity index (χ2n) is 3.91. The quantitative estimate of drug-likeness (QED) is 0.660. The van der Waals surface area contributed by atoms with Gasteiger partial charge in [-0.05, 0) is 36.4 Å². The van der Waals surface area contributed by atoms with Crippen LogP contribution in [0.15, 0.2) is 47.4 Å². The van der Waals surface area contributed by atoms with Crippen molar-refractivity contribution in [2.75, 3.05) is 6.54 Å². The number of hydrogen-bond acceptors (Lipinski definition) is 1. The van der Waals surface area contributed by atoms with Crippen molar-refractivity contribution >= 4 is 23.2 Å². The molecule has 2 rings (SSSR count). The molecule has 0 spiro atoms. The van der Waals surface area contributed by atoms with E-state index >= 15 is 0 Å². The van der Waals surface area contributed by atoms with Crippen molar-refractivity contribution in [3.05, 3.63) is 58.8 Å². The zero-order valence-electron chi connectivity index (χ0n) is 9.83. The highest BCUT2D eigenvalue weighted by Gasteiger charge is 2.09. The van der Waals surface area contributed by atoms with Gasteiger partial charge in [0, 0.05) is 10.6 Å². The Bertz CT molecular complexity index is 548. The maximum absolute atomic E-state index is 6.13. The number of rotatable bonds is 5. The summed E-state index contributed by atoms with van der Waals surface area (Å²) in [6.45, 7) is 5.32. The molecule has 0 amide bonds. The Morgan fingerprint density at radius 1 is 1.22 bits per heavy atom. The SMILES string of the molecule is C=CC[NH2+]Cc1ccc(-c2cc(Cl)ccc2Cl)o1. The van der Waals surface area contributed by atoms with Crippen LogP contribution in [-0.2, 0) is 6.54 Å². The summed E-state index contributed by atoms with van der Waals surface area (Å²) in [7, 11) is 0. The van der Waals surface area contributed by atoms with E-state index in [-0.39, 0.29) is 0 Å². The molecule has 0 bridgehead atoms. The average molecular weight is 283 g/mol. The highest BCUT2D eigenvalue weighted by Crippen LogP contribution is 2.31. The molecule has 2 N–H and O–H groups in total. The molecule has 2 aromatic rings. The minimum Gasteiger partial charge on any atom is -0.455 e. The van der Waals surface area contributed by atoms with Crippen LogP contribution in [0.1, 0.15) is 5.76 Å². The average Bonchev–Trinajstić information content (AvgIpc) is 2.81. The molecule has 18 heavy (non-hydrogen) atoms. The molecule has 4 heteroatoms. The number of quaternary nitrogens is 1. The van der Waals surface area contributed by atoms with E-state index in [1.54, 1.807) is 18.2 Å². The maximum Gasteiger partial charge on any atom is 0.158 e. The summed E-state index contributed by atoms with van der Waals surface area (Å²) in [6.07, 6.45) is 1.86. The summed E-state index contributed by atoms with van der Waals surface area (Å²) < 4.78 is 5.74. The van der Waals surface area contributed by atoms with Crippen molar-refractivity contribution < 1.29 is 9.73 Å². The minimum atomic E-state index is 0.635. The van der Waals surface area contributed by atoms with E-state index in [1.165, 1.54) is 0 Å². The first kappa shape index (κ1) is 13.2. The smallest absolute Gasteiger partial charge is 0.158 e. The monoisotopic (exact) mass is 282 g/mol. The van der Waals surface area contributed by atoms with Crippen molar-refractivity contribution in [2.45, 2.75) is 6.54 Å². The predicted octanol–water partition coefficient (Wildman–Crippen LogP) is 3.50. The highest BCUT2D eigenvalue weighted by atomic mass is 35.5. The van der Waals surface area contributed by atoms with Gasteiger partial charge in [0.25, 0.3) is 0 Å². The van der Waals surface area contributed by atoms with E-state index in [1.807, 2.05) is 18.2 Å². The number of nitrogens with two attached hydrogens (primary N) is 1. The van der Waals surface area contributed by atoms with Gasteiger partial charge in [-0.1, -0.05) is 29.8 Å². The lowest BCUT2D eigenvalue weighted by atomic mass is 10.2. The summed E-state index contributed by atoms with van der Waals surface area (Å²) in [5.74, 6) is 1.65. The van der Waals surface area contributed by atoms with E-state index in [9.17, 15) is 0 Å². The Kier molecular flexibility index (Phi) is 4.48. The summed E-state index contributed by atoms with van der Waals surface area (Å²) in [5, 5.41) is 3.38. The molecule has 0 aliphatic heterocycles. The van der Waals surface area contributed by atoms with Crippen molar-refractivity contribution in [2.24, 2.45) is 0 Å². The Balaban J connectivity index is 2.18. The van der Waals surface area contributed by atoms with Gasteiger partial charge < -0.3 is 9.73 Å². The van der Waals surface area contributed by atoms with Crippen LogP contribution in [-0.4, -0.2) is 6.54 Å². The molecule has 94 valence electrons. The molecule has 0 radical (unpaired) electrons. The second-order valence-corrected chi connectivity index (χ2v) is 4.75. The Morgan fingerprint density at radius 3 is 2.83 bits per heavy atom. The van der Waals surface area contributed by atoms with E-state index in [0.717, 1.165) is 30.2 Å². The fourth-order valence-corrected chi connectivity index (χ4v) is 2.04. The van der Waals surface area contributed by atoms with Crippen LogP contribution in [0.2, 0.25) is 10.0 Å². The van der Waals surface area contributed by atoms with Gasteiger partial charge in [0.05, 0.1) is 11.6 Å². The second kappa shape index (κ2) is 6.10. The molecule has 0 atom stereocenters. The van der Waals surface area contributed by atoms with E-state index in [0.29, 0.717) is 10.0 Å². The van der Waals surface area contributed by atoms with Gasteiger partial charge in [-0.2, -0.15) is 0 Å². The Hall–Kier alpha value is -1.22. The zero-order valence-corrected chi connectivity index (χ0v) is 11.3. The standard InChI is InChI=1S/C14H13Cl2NO/c1-2-7-17-9-11-4-6-14(18-11)12-8-10(15)3-5-13(12)16/h2-6,8,17H,1,7,9H2/p+1. The molecule has 2 nitrogen and oxygen atoms in total. The lowest BCUT2D eigenvalue weighted by molar-refractivity contribution is -0.663. The van der Waals surface area contributed by atoms with Gasteiger partial charge in [-0.3, -0.25) is 0 Å². The topological polar surface area (TPSA) is 29.8 Å². The maximum atomic E-state index is 6.13. The van der Waals surface area contributed by atoms with E-state index in [4.69, 9.17) is 27.6 Å².